The molecular formula is C22H25BrN2O8. The number of alkyl halides is 1. The molecule has 0 saturated heterocycles. The molecule has 1 aromatic carbocycles. The second-order valence-corrected chi connectivity index (χ2v) is 8.45. The summed E-state index contributed by atoms with van der Waals surface area (Å²) in [4.78, 5) is 35.6. The number of nitro groups is 1. The van der Waals surface area contributed by atoms with Crippen LogP contribution in [0.2, 0.25) is 0 Å². The Morgan fingerprint density at radius 1 is 1.12 bits per heavy atom. The largest absolute Gasteiger partial charge is 0.513 e. The summed E-state index contributed by atoms with van der Waals surface area (Å²) in [6.45, 7) is 3.45. The van der Waals surface area contributed by atoms with Gasteiger partial charge in [0, 0.05) is 17.5 Å². The van der Waals surface area contributed by atoms with Gasteiger partial charge in [0.05, 0.1) is 16.3 Å². The summed E-state index contributed by atoms with van der Waals surface area (Å²) in [6, 6.07) is 5.82. The van der Waals surface area contributed by atoms with E-state index in [-0.39, 0.29) is 29.9 Å². The van der Waals surface area contributed by atoms with Crippen molar-refractivity contribution in [2.24, 2.45) is 0 Å². The highest BCUT2D eigenvalue weighted by molar-refractivity contribution is 9.09. The minimum atomic E-state index is -0.950. The fourth-order valence-electron chi connectivity index (χ4n) is 3.85. The molecule has 1 N–H and O–H groups in total. The third-order valence-electron chi connectivity index (χ3n) is 5.30. The number of carbonyl (C=O) groups is 2. The molecule has 11 heteroatoms. The van der Waals surface area contributed by atoms with Gasteiger partial charge in [0.1, 0.15) is 30.1 Å². The predicted molar refractivity (Wildman–Crippen MR) is 120 cm³/mol. The zero-order valence-corrected chi connectivity index (χ0v) is 19.9. The first-order valence-corrected chi connectivity index (χ1v) is 11.6. The predicted octanol–water partition coefficient (Wildman–Crippen LogP) is 5.39. The number of rotatable bonds is 7. The van der Waals surface area contributed by atoms with Crippen LogP contribution in [0.3, 0.4) is 0 Å². The van der Waals surface area contributed by atoms with Gasteiger partial charge in [-0.15, -0.1) is 0 Å². The van der Waals surface area contributed by atoms with Crippen molar-refractivity contribution in [1.82, 2.24) is 5.32 Å². The SMILES string of the molecule is CC1=C(OC(=O)OCCBr)C(c2cccc([N+](=O)[O-])c2)C(OC(=O)OC2CCCC2)=C(C)N1. The van der Waals surface area contributed by atoms with Crippen molar-refractivity contribution in [3.8, 4) is 0 Å². The van der Waals surface area contributed by atoms with E-state index in [0.29, 0.717) is 22.3 Å². The lowest BCUT2D eigenvalue weighted by molar-refractivity contribution is -0.384. The first-order valence-electron chi connectivity index (χ1n) is 10.5. The number of non-ortho nitro benzene ring substituents is 1. The van der Waals surface area contributed by atoms with Gasteiger partial charge in [0.2, 0.25) is 0 Å². The average Bonchev–Trinajstić information content (AvgIpc) is 3.28. The van der Waals surface area contributed by atoms with E-state index in [1.54, 1.807) is 19.9 Å². The van der Waals surface area contributed by atoms with E-state index in [1.807, 2.05) is 0 Å². The summed E-state index contributed by atoms with van der Waals surface area (Å²) in [5, 5.41) is 14.8. The summed E-state index contributed by atoms with van der Waals surface area (Å²) in [7, 11) is 0. The van der Waals surface area contributed by atoms with Gasteiger partial charge < -0.3 is 24.3 Å². The third kappa shape index (κ3) is 6.25. The van der Waals surface area contributed by atoms with Crippen LogP contribution in [0, 0.1) is 10.1 Å². The van der Waals surface area contributed by atoms with Crippen molar-refractivity contribution in [2.45, 2.75) is 51.6 Å². The first kappa shape index (κ1) is 24.6. The van der Waals surface area contributed by atoms with Crippen LogP contribution in [0.5, 0.6) is 0 Å². The molecule has 1 unspecified atom stereocenters. The van der Waals surface area contributed by atoms with Crippen LogP contribution in [-0.2, 0) is 18.9 Å². The number of carbonyl (C=O) groups excluding carboxylic acids is 2. The van der Waals surface area contributed by atoms with Gasteiger partial charge in [-0.25, -0.2) is 9.59 Å². The molecule has 1 aliphatic carbocycles. The van der Waals surface area contributed by atoms with Gasteiger partial charge in [-0.3, -0.25) is 10.1 Å². The second-order valence-electron chi connectivity index (χ2n) is 7.65. The Morgan fingerprint density at radius 2 is 1.76 bits per heavy atom. The average molecular weight is 525 g/mol. The molecular weight excluding hydrogens is 500 g/mol. The highest BCUT2D eigenvalue weighted by Gasteiger charge is 2.36. The van der Waals surface area contributed by atoms with Gasteiger partial charge in [-0.05, 0) is 45.1 Å². The molecule has 0 spiro atoms. The molecule has 3 rings (SSSR count). The number of nitrogens with zero attached hydrogens (tertiary/aromatic N) is 1. The molecule has 1 saturated carbocycles. The minimum absolute atomic E-state index is 0.0893. The smallest absolute Gasteiger partial charge is 0.433 e. The molecule has 1 atom stereocenters. The molecule has 0 amide bonds. The molecule has 33 heavy (non-hydrogen) atoms. The zero-order chi connectivity index (χ0) is 24.0. The number of hydrogen-bond donors (Lipinski definition) is 1. The number of halogens is 1. The fourth-order valence-corrected chi connectivity index (χ4v) is 4.01. The van der Waals surface area contributed by atoms with Crippen LogP contribution in [0.1, 0.15) is 51.0 Å². The number of hydrogen-bond acceptors (Lipinski definition) is 9. The lowest BCUT2D eigenvalue weighted by Crippen LogP contribution is -2.30. The Morgan fingerprint density at radius 3 is 2.36 bits per heavy atom. The number of benzene rings is 1. The summed E-state index contributed by atoms with van der Waals surface area (Å²) in [5.74, 6) is -0.699. The van der Waals surface area contributed by atoms with E-state index >= 15 is 0 Å². The van der Waals surface area contributed by atoms with Gasteiger partial charge in [-0.2, -0.15) is 0 Å². The highest BCUT2D eigenvalue weighted by atomic mass is 79.9. The summed E-state index contributed by atoms with van der Waals surface area (Å²) in [5.41, 5.74) is 1.19. The van der Waals surface area contributed by atoms with Crippen molar-refractivity contribution >= 4 is 33.9 Å². The lowest BCUT2D eigenvalue weighted by Gasteiger charge is -2.30. The Kier molecular flexibility index (Phi) is 8.32. The summed E-state index contributed by atoms with van der Waals surface area (Å²) >= 11 is 3.17. The van der Waals surface area contributed by atoms with E-state index in [0.717, 1.165) is 25.7 Å². The van der Waals surface area contributed by atoms with Gasteiger partial charge in [0.25, 0.3) is 5.69 Å². The van der Waals surface area contributed by atoms with Crippen LogP contribution in [0.15, 0.2) is 47.2 Å². The quantitative estimate of drug-likeness (QED) is 0.216. The van der Waals surface area contributed by atoms with Crippen LogP contribution in [0.25, 0.3) is 0 Å². The van der Waals surface area contributed by atoms with Crippen molar-refractivity contribution in [2.75, 3.05) is 11.9 Å². The van der Waals surface area contributed by atoms with Crippen LogP contribution < -0.4 is 5.32 Å². The highest BCUT2D eigenvalue weighted by Crippen LogP contribution is 2.40. The van der Waals surface area contributed by atoms with E-state index < -0.39 is 23.2 Å². The number of nitrogens with one attached hydrogen (secondary N) is 1. The van der Waals surface area contributed by atoms with E-state index in [2.05, 4.69) is 21.2 Å². The maximum Gasteiger partial charge on any atom is 0.513 e. The fraction of sp³-hybridized carbons (Fsp3) is 0.455. The first-order chi connectivity index (χ1) is 15.8. The van der Waals surface area contributed by atoms with Crippen molar-refractivity contribution in [1.29, 1.82) is 0 Å². The number of ether oxygens (including phenoxy) is 4. The minimum Gasteiger partial charge on any atom is -0.433 e. The molecule has 1 aliphatic heterocycles. The number of allylic oxidation sites excluding steroid dienone is 2. The molecule has 1 aromatic rings. The number of nitro benzene ring substituents is 1. The van der Waals surface area contributed by atoms with E-state index in [9.17, 15) is 19.7 Å². The topological polar surface area (TPSA) is 126 Å². The third-order valence-corrected chi connectivity index (χ3v) is 5.63. The number of dihydropyridines is 1. The molecule has 0 aromatic heterocycles. The molecule has 1 fully saturated rings. The lowest BCUT2D eigenvalue weighted by atomic mass is 9.90. The molecule has 10 nitrogen and oxygen atoms in total. The van der Waals surface area contributed by atoms with Gasteiger partial charge in [0.15, 0.2) is 0 Å². The molecule has 1 heterocycles. The van der Waals surface area contributed by atoms with Crippen molar-refractivity contribution < 1.29 is 33.5 Å². The van der Waals surface area contributed by atoms with Crippen LogP contribution in [-0.4, -0.2) is 35.3 Å². The van der Waals surface area contributed by atoms with Crippen LogP contribution >= 0.6 is 15.9 Å². The van der Waals surface area contributed by atoms with E-state index in [1.165, 1.54) is 18.2 Å². The summed E-state index contributed by atoms with van der Waals surface area (Å²) in [6.07, 6.45) is 1.46. The van der Waals surface area contributed by atoms with Crippen LogP contribution in [0.4, 0.5) is 15.3 Å². The van der Waals surface area contributed by atoms with Crippen molar-refractivity contribution in [3.05, 3.63) is 62.9 Å². The second kappa shape index (κ2) is 11.2. The Balaban J connectivity index is 1.95. The van der Waals surface area contributed by atoms with Gasteiger partial charge >= 0.3 is 12.3 Å². The maximum atomic E-state index is 12.5. The van der Waals surface area contributed by atoms with Gasteiger partial charge in [-0.1, -0.05) is 28.1 Å². The van der Waals surface area contributed by atoms with Crippen molar-refractivity contribution in [3.63, 3.8) is 0 Å². The Labute approximate surface area is 199 Å². The molecule has 178 valence electrons. The standard InChI is InChI=1S/C22H25BrN2O8/c1-13-19(32-21(26)30-11-10-23)18(15-6-5-7-16(12-15)25(28)29)20(14(2)24-13)33-22(27)31-17-8-3-4-9-17/h5-7,12,17-18,24H,3-4,8-11H2,1-2H3. The molecule has 0 radical (unpaired) electrons. The van der Waals surface area contributed by atoms with E-state index in [4.69, 9.17) is 18.9 Å². The zero-order valence-electron chi connectivity index (χ0n) is 18.3. The molecule has 2 aliphatic rings. The normalized spacial score (nSPS) is 18.6. The monoisotopic (exact) mass is 524 g/mol. The maximum absolute atomic E-state index is 12.5. The Bertz CT molecular complexity index is 984. The Hall–Kier alpha value is -3.08. The summed E-state index contributed by atoms with van der Waals surface area (Å²) < 4.78 is 21.5. The molecule has 0 bridgehead atoms.